The number of alkyl halides is 3. The van der Waals surface area contributed by atoms with E-state index in [1.807, 2.05) is 0 Å². The van der Waals surface area contributed by atoms with Gasteiger partial charge in [-0.25, -0.2) is 9.78 Å². The Morgan fingerprint density at radius 3 is 2.54 bits per heavy atom. The molecule has 2 heterocycles. The maximum Gasteiger partial charge on any atom is 0.417 e. The van der Waals surface area contributed by atoms with Crippen LogP contribution in [0.5, 0.6) is 5.75 Å². The molecule has 0 radical (unpaired) electrons. The van der Waals surface area contributed by atoms with Gasteiger partial charge in [-0.05, 0) is 48.0 Å². The van der Waals surface area contributed by atoms with Gasteiger partial charge in [0, 0.05) is 36.5 Å². The summed E-state index contributed by atoms with van der Waals surface area (Å²) in [6.45, 7) is 4.40. The highest BCUT2D eigenvalue weighted by Crippen LogP contribution is 2.39. The summed E-state index contributed by atoms with van der Waals surface area (Å²) in [6, 6.07) is 5.63. The lowest BCUT2D eigenvalue weighted by atomic mass is 10.1. The van der Waals surface area contributed by atoms with E-state index in [4.69, 9.17) is 9.47 Å². The van der Waals surface area contributed by atoms with Crippen molar-refractivity contribution in [3.05, 3.63) is 50.8 Å². The number of carbonyl (C=O) groups is 2. The predicted molar refractivity (Wildman–Crippen MR) is 126 cm³/mol. The van der Waals surface area contributed by atoms with Crippen molar-refractivity contribution in [1.82, 2.24) is 9.55 Å². The van der Waals surface area contributed by atoms with Gasteiger partial charge in [-0.3, -0.25) is 4.79 Å². The molecule has 1 aromatic carbocycles. The third-order valence-corrected chi connectivity index (χ3v) is 6.59. The molecule has 0 fully saturated rings. The zero-order valence-corrected chi connectivity index (χ0v) is 21.4. The molecule has 0 spiro atoms. The first kappa shape index (κ1) is 26.6. The first-order valence-electron chi connectivity index (χ1n) is 10.2. The molecule has 184 valence electrons. The molecule has 0 saturated carbocycles. The molecule has 0 aliphatic heterocycles. The number of carbonyl (C=O) groups excluding carboxylic acids is 2. The zero-order chi connectivity index (χ0) is 26.1. The van der Waals surface area contributed by atoms with E-state index in [1.54, 1.807) is 30.7 Å². The van der Waals surface area contributed by atoms with Gasteiger partial charge in [0.05, 0.1) is 33.3 Å². The van der Waals surface area contributed by atoms with Crippen molar-refractivity contribution in [2.24, 2.45) is 7.05 Å². The Morgan fingerprint density at radius 2 is 1.97 bits per heavy atom. The Balaban J connectivity index is 2.16. The Bertz CT molecular complexity index is 1380. The molecule has 0 unspecified atom stereocenters. The fraction of sp³-hybridized carbons (Fsp3) is 0.304. The number of hydrogen-bond acceptors (Lipinski definition) is 7. The van der Waals surface area contributed by atoms with Crippen molar-refractivity contribution in [3.63, 3.8) is 0 Å². The van der Waals surface area contributed by atoms with Crippen LogP contribution >= 0.6 is 27.7 Å². The van der Waals surface area contributed by atoms with Gasteiger partial charge < -0.3 is 14.0 Å². The van der Waals surface area contributed by atoms with Crippen LogP contribution in [0.1, 0.15) is 46.7 Å². The van der Waals surface area contributed by atoms with Crippen LogP contribution in [0, 0.1) is 18.3 Å². The number of pyridine rings is 1. The average molecular weight is 570 g/mol. The third kappa shape index (κ3) is 5.46. The topological polar surface area (TPSA) is 94.2 Å². The van der Waals surface area contributed by atoms with Crippen molar-refractivity contribution in [1.29, 1.82) is 5.26 Å². The zero-order valence-electron chi connectivity index (χ0n) is 19.0. The summed E-state index contributed by atoms with van der Waals surface area (Å²) in [5, 5.41) is 9.78. The summed E-state index contributed by atoms with van der Waals surface area (Å²) >= 11 is 4.25. The number of nitrogens with zero attached hydrogens (tertiary/aromatic N) is 3. The number of thioether (sulfide) groups is 1. The van der Waals surface area contributed by atoms with E-state index in [9.17, 15) is 28.0 Å². The lowest BCUT2D eigenvalue weighted by Gasteiger charge is -2.13. The highest BCUT2D eigenvalue weighted by molar-refractivity contribution is 9.10. The first-order chi connectivity index (χ1) is 16.4. The summed E-state index contributed by atoms with van der Waals surface area (Å²) in [5.41, 5.74) is -0.315. The van der Waals surface area contributed by atoms with Gasteiger partial charge in [0.25, 0.3) is 0 Å². The Morgan fingerprint density at radius 1 is 1.29 bits per heavy atom. The summed E-state index contributed by atoms with van der Waals surface area (Å²) in [6.07, 6.45) is -4.72. The maximum absolute atomic E-state index is 13.5. The molecule has 12 heteroatoms. The van der Waals surface area contributed by atoms with Gasteiger partial charge >= 0.3 is 18.1 Å². The van der Waals surface area contributed by atoms with Crippen molar-refractivity contribution in [3.8, 4) is 11.8 Å². The second kappa shape index (κ2) is 10.3. The van der Waals surface area contributed by atoms with Crippen LogP contribution in [0.3, 0.4) is 0 Å². The number of nitriles is 1. The van der Waals surface area contributed by atoms with Gasteiger partial charge in [0.2, 0.25) is 0 Å². The van der Waals surface area contributed by atoms with Crippen molar-refractivity contribution >= 4 is 50.5 Å². The predicted octanol–water partition coefficient (Wildman–Crippen LogP) is 5.93. The Hall–Kier alpha value is -3.04. The highest BCUT2D eigenvalue weighted by atomic mass is 79.9. The molecule has 0 N–H and O–H groups in total. The number of hydrogen-bond donors (Lipinski definition) is 0. The van der Waals surface area contributed by atoms with E-state index >= 15 is 0 Å². The lowest BCUT2D eigenvalue weighted by Crippen LogP contribution is -2.11. The molecule has 3 aromatic rings. The van der Waals surface area contributed by atoms with E-state index in [0.29, 0.717) is 21.1 Å². The quantitative estimate of drug-likeness (QED) is 0.206. The van der Waals surface area contributed by atoms with E-state index in [2.05, 4.69) is 20.9 Å². The summed E-state index contributed by atoms with van der Waals surface area (Å²) in [7, 11) is 1.69. The molecular weight excluding hydrogens is 551 g/mol. The largest absolute Gasteiger partial charge is 0.462 e. The van der Waals surface area contributed by atoms with Gasteiger partial charge in [-0.2, -0.15) is 18.4 Å². The number of fused-ring (bicyclic) bond motifs is 1. The number of aromatic nitrogens is 2. The normalized spacial score (nSPS) is 11.4. The maximum atomic E-state index is 13.5. The van der Waals surface area contributed by atoms with E-state index in [0.717, 1.165) is 17.8 Å². The first-order valence-corrected chi connectivity index (χ1v) is 11.9. The number of benzene rings is 1. The molecule has 0 amide bonds. The monoisotopic (exact) mass is 569 g/mol. The summed E-state index contributed by atoms with van der Waals surface area (Å²) < 4.78 is 53.1. The van der Waals surface area contributed by atoms with Crippen LogP contribution in [0.25, 0.3) is 10.9 Å². The summed E-state index contributed by atoms with van der Waals surface area (Å²) in [4.78, 5) is 28.5. The lowest BCUT2D eigenvalue weighted by molar-refractivity contribution is -0.138. The number of esters is 2. The molecule has 0 bridgehead atoms. The second-order valence-electron chi connectivity index (χ2n) is 7.38. The van der Waals surface area contributed by atoms with Crippen LogP contribution < -0.4 is 4.74 Å². The van der Waals surface area contributed by atoms with Crippen LogP contribution in [0.4, 0.5) is 13.2 Å². The number of aryl methyl sites for hydroxylation is 2. The molecule has 2 aromatic heterocycles. The van der Waals surface area contributed by atoms with Crippen molar-refractivity contribution in [2.75, 3.05) is 6.61 Å². The Kier molecular flexibility index (Phi) is 7.81. The van der Waals surface area contributed by atoms with Gasteiger partial charge in [-0.15, -0.1) is 0 Å². The number of ether oxygens (including phenoxy) is 2. The molecule has 0 saturated heterocycles. The number of rotatable bonds is 6. The fourth-order valence-corrected chi connectivity index (χ4v) is 5.07. The molecule has 35 heavy (non-hydrogen) atoms. The van der Waals surface area contributed by atoms with Gasteiger partial charge in [0.15, 0.2) is 0 Å². The minimum Gasteiger partial charge on any atom is -0.462 e. The molecule has 0 aliphatic carbocycles. The Labute approximate surface area is 211 Å². The fourth-order valence-electron chi connectivity index (χ4n) is 3.54. The van der Waals surface area contributed by atoms with Crippen LogP contribution in [-0.2, 0) is 28.5 Å². The molecule has 0 atom stereocenters. The molecule has 0 aliphatic rings. The van der Waals surface area contributed by atoms with Gasteiger partial charge in [-0.1, -0.05) is 11.8 Å². The van der Waals surface area contributed by atoms with Crippen molar-refractivity contribution < 1.29 is 32.2 Å². The second-order valence-corrected chi connectivity index (χ2v) is 9.20. The van der Waals surface area contributed by atoms with Crippen molar-refractivity contribution in [2.45, 2.75) is 37.7 Å². The SMILES string of the molecule is CCOC(=O)c1c(CSc2nc(C)cc(C(F)(F)F)c2C#N)n(C)c2cc(Br)c(OC(C)=O)cc12. The van der Waals surface area contributed by atoms with E-state index < -0.39 is 29.2 Å². The van der Waals surface area contributed by atoms with E-state index in [1.165, 1.54) is 19.9 Å². The van der Waals surface area contributed by atoms with Crippen LogP contribution in [-0.4, -0.2) is 28.1 Å². The molecule has 3 rings (SSSR count). The van der Waals surface area contributed by atoms with Crippen LogP contribution in [0.15, 0.2) is 27.7 Å². The summed E-state index contributed by atoms with van der Waals surface area (Å²) in [5.74, 6) is -0.979. The van der Waals surface area contributed by atoms with E-state index in [-0.39, 0.29) is 34.4 Å². The van der Waals surface area contributed by atoms with Crippen LogP contribution in [0.2, 0.25) is 0 Å². The molecule has 7 nitrogen and oxygen atoms in total. The minimum absolute atomic E-state index is 0.0161. The third-order valence-electron chi connectivity index (χ3n) is 4.98. The number of halogens is 4. The minimum atomic E-state index is -4.72. The highest BCUT2D eigenvalue weighted by Gasteiger charge is 2.36. The molecular formula is C23H19BrF3N3O4S. The van der Waals surface area contributed by atoms with Gasteiger partial charge in [0.1, 0.15) is 16.8 Å². The smallest absolute Gasteiger partial charge is 0.417 e. The average Bonchev–Trinajstić information content (AvgIpc) is 3.02. The standard InChI is InChI=1S/C23H19BrF3N3O4S/c1-5-33-22(32)20-13-7-19(34-12(3)31)16(24)8-17(13)30(4)18(20)10-35-21-14(9-28)15(23(25,26)27)6-11(2)29-21/h6-8H,5,10H2,1-4H3.